The Balaban J connectivity index is 1.71. The summed E-state index contributed by atoms with van der Waals surface area (Å²) in [4.78, 5) is 5.80. The lowest BCUT2D eigenvalue weighted by Crippen LogP contribution is -2.14. The van der Waals surface area contributed by atoms with Gasteiger partial charge in [0, 0.05) is 29.2 Å². The third-order valence-corrected chi connectivity index (χ3v) is 4.13. The van der Waals surface area contributed by atoms with Crippen molar-refractivity contribution >= 4 is 11.3 Å². The van der Waals surface area contributed by atoms with Gasteiger partial charge in [0.05, 0.1) is 6.61 Å². The number of benzene rings is 1. The molecular weight excluding hydrogens is 256 g/mol. The van der Waals surface area contributed by atoms with Crippen LogP contribution in [-0.4, -0.2) is 17.6 Å². The van der Waals surface area contributed by atoms with Gasteiger partial charge in [-0.3, -0.25) is 0 Å². The van der Waals surface area contributed by atoms with E-state index in [0.29, 0.717) is 6.61 Å². The predicted octanol–water partition coefficient (Wildman–Crippen LogP) is 3.46. The lowest BCUT2D eigenvalue weighted by atomic mass is 10.2. The molecule has 4 heteroatoms. The van der Waals surface area contributed by atoms with Crippen LogP contribution in [0.1, 0.15) is 24.6 Å². The molecule has 0 spiro atoms. The van der Waals surface area contributed by atoms with E-state index < -0.39 is 0 Å². The molecule has 0 radical (unpaired) electrons. The molecular formula is C15H18N2OS. The molecule has 0 atom stereocenters. The third kappa shape index (κ3) is 3.33. The van der Waals surface area contributed by atoms with E-state index in [0.717, 1.165) is 28.9 Å². The van der Waals surface area contributed by atoms with Gasteiger partial charge >= 0.3 is 0 Å². The first kappa shape index (κ1) is 12.6. The van der Waals surface area contributed by atoms with Crippen LogP contribution < -0.4 is 10.1 Å². The molecule has 100 valence electrons. The Hall–Kier alpha value is -1.39. The van der Waals surface area contributed by atoms with Crippen molar-refractivity contribution in [3.63, 3.8) is 0 Å². The average Bonchev–Trinajstić information content (AvgIpc) is 3.14. The predicted molar refractivity (Wildman–Crippen MR) is 78.6 cm³/mol. The van der Waals surface area contributed by atoms with E-state index in [-0.39, 0.29) is 0 Å². The van der Waals surface area contributed by atoms with Crippen LogP contribution in [-0.2, 0) is 6.54 Å². The Morgan fingerprint density at radius 3 is 3.11 bits per heavy atom. The second-order valence-electron chi connectivity index (χ2n) is 4.75. The Morgan fingerprint density at radius 2 is 2.32 bits per heavy atom. The standard InChI is InChI=1S/C15H18N2OS/c1-2-18-13-5-3-4-11(8-13)15-17-10-14(19-15)9-16-12-6-7-12/h3-5,8,10,12,16H,2,6-7,9H2,1H3. The van der Waals surface area contributed by atoms with E-state index in [1.54, 1.807) is 11.3 Å². The number of aromatic nitrogens is 1. The van der Waals surface area contributed by atoms with Gasteiger partial charge in [-0.05, 0) is 31.9 Å². The lowest BCUT2D eigenvalue weighted by molar-refractivity contribution is 0.340. The lowest BCUT2D eigenvalue weighted by Gasteiger charge is -2.03. The van der Waals surface area contributed by atoms with Crippen LogP contribution in [0.2, 0.25) is 0 Å². The van der Waals surface area contributed by atoms with Crippen molar-refractivity contribution in [1.29, 1.82) is 0 Å². The zero-order chi connectivity index (χ0) is 13.1. The van der Waals surface area contributed by atoms with Crippen molar-refractivity contribution in [1.82, 2.24) is 10.3 Å². The Kier molecular flexibility index (Phi) is 3.80. The van der Waals surface area contributed by atoms with E-state index in [2.05, 4.69) is 22.4 Å². The van der Waals surface area contributed by atoms with Crippen molar-refractivity contribution in [2.45, 2.75) is 32.4 Å². The first-order chi connectivity index (χ1) is 9.35. The summed E-state index contributed by atoms with van der Waals surface area (Å²) in [6, 6.07) is 8.88. The molecule has 1 N–H and O–H groups in total. The van der Waals surface area contributed by atoms with Gasteiger partial charge in [-0.15, -0.1) is 11.3 Å². The monoisotopic (exact) mass is 274 g/mol. The molecule has 1 aromatic heterocycles. The van der Waals surface area contributed by atoms with E-state index in [9.17, 15) is 0 Å². The average molecular weight is 274 g/mol. The van der Waals surface area contributed by atoms with Gasteiger partial charge < -0.3 is 10.1 Å². The van der Waals surface area contributed by atoms with Crippen LogP contribution in [0, 0.1) is 0 Å². The number of nitrogens with one attached hydrogen (secondary N) is 1. The fourth-order valence-electron chi connectivity index (χ4n) is 1.94. The molecule has 0 amide bonds. The normalized spacial score (nSPS) is 14.6. The van der Waals surface area contributed by atoms with Crippen molar-refractivity contribution < 1.29 is 4.74 Å². The van der Waals surface area contributed by atoms with E-state index in [1.165, 1.54) is 17.7 Å². The van der Waals surface area contributed by atoms with Crippen molar-refractivity contribution in [3.05, 3.63) is 35.3 Å². The summed E-state index contributed by atoms with van der Waals surface area (Å²) < 4.78 is 5.53. The highest BCUT2D eigenvalue weighted by Crippen LogP contribution is 2.28. The zero-order valence-electron chi connectivity index (χ0n) is 11.1. The van der Waals surface area contributed by atoms with Gasteiger partial charge in [0.2, 0.25) is 0 Å². The molecule has 2 aromatic rings. The largest absolute Gasteiger partial charge is 0.494 e. The highest BCUT2D eigenvalue weighted by molar-refractivity contribution is 7.15. The fourth-order valence-corrected chi connectivity index (χ4v) is 2.80. The number of hydrogen-bond donors (Lipinski definition) is 1. The number of rotatable bonds is 6. The third-order valence-electron chi connectivity index (χ3n) is 3.09. The molecule has 0 aliphatic heterocycles. The first-order valence-corrected chi connectivity index (χ1v) is 7.58. The maximum absolute atomic E-state index is 5.53. The second kappa shape index (κ2) is 5.72. The molecule has 3 rings (SSSR count). The Bertz CT molecular complexity index is 549. The summed E-state index contributed by atoms with van der Waals surface area (Å²) >= 11 is 1.75. The van der Waals surface area contributed by atoms with Crippen molar-refractivity contribution in [2.24, 2.45) is 0 Å². The molecule has 19 heavy (non-hydrogen) atoms. The summed E-state index contributed by atoms with van der Waals surface area (Å²) in [5, 5.41) is 4.58. The fraction of sp³-hybridized carbons (Fsp3) is 0.400. The summed E-state index contributed by atoms with van der Waals surface area (Å²) in [5.74, 6) is 0.910. The molecule has 0 bridgehead atoms. The van der Waals surface area contributed by atoms with Crippen LogP contribution in [0.3, 0.4) is 0 Å². The molecule has 0 unspecified atom stereocenters. The maximum atomic E-state index is 5.53. The van der Waals surface area contributed by atoms with Crippen LogP contribution >= 0.6 is 11.3 Å². The summed E-state index contributed by atoms with van der Waals surface area (Å²) in [6.45, 7) is 3.63. The van der Waals surface area contributed by atoms with Gasteiger partial charge in [0.15, 0.2) is 0 Å². The van der Waals surface area contributed by atoms with Crippen LogP contribution in [0.25, 0.3) is 10.6 Å². The van der Waals surface area contributed by atoms with E-state index >= 15 is 0 Å². The first-order valence-electron chi connectivity index (χ1n) is 6.76. The molecule has 1 aliphatic rings. The molecule has 1 saturated carbocycles. The second-order valence-corrected chi connectivity index (χ2v) is 5.86. The van der Waals surface area contributed by atoms with Gasteiger partial charge in [-0.2, -0.15) is 0 Å². The van der Waals surface area contributed by atoms with Gasteiger partial charge in [0.1, 0.15) is 10.8 Å². The SMILES string of the molecule is CCOc1cccc(-c2ncc(CNC3CC3)s2)c1. The topological polar surface area (TPSA) is 34.1 Å². The maximum Gasteiger partial charge on any atom is 0.123 e. The summed E-state index contributed by atoms with van der Waals surface area (Å²) in [7, 11) is 0. The van der Waals surface area contributed by atoms with Gasteiger partial charge in [-0.25, -0.2) is 4.98 Å². The van der Waals surface area contributed by atoms with E-state index in [4.69, 9.17) is 4.74 Å². The zero-order valence-corrected chi connectivity index (χ0v) is 11.9. The van der Waals surface area contributed by atoms with Crippen LogP contribution in [0.15, 0.2) is 30.5 Å². The van der Waals surface area contributed by atoms with Crippen molar-refractivity contribution in [3.8, 4) is 16.3 Å². The molecule has 3 nitrogen and oxygen atoms in total. The molecule has 1 heterocycles. The minimum atomic E-state index is 0.692. The van der Waals surface area contributed by atoms with Crippen LogP contribution in [0.4, 0.5) is 0 Å². The number of hydrogen-bond acceptors (Lipinski definition) is 4. The van der Waals surface area contributed by atoms with Crippen LogP contribution in [0.5, 0.6) is 5.75 Å². The van der Waals surface area contributed by atoms with Gasteiger partial charge in [0.25, 0.3) is 0 Å². The summed E-state index contributed by atoms with van der Waals surface area (Å²) in [5.41, 5.74) is 1.13. The molecule has 1 aliphatic carbocycles. The highest BCUT2D eigenvalue weighted by Gasteiger charge is 2.20. The molecule has 0 saturated heterocycles. The van der Waals surface area contributed by atoms with E-state index in [1.807, 2.05) is 25.3 Å². The number of nitrogens with zero attached hydrogens (tertiary/aromatic N) is 1. The highest BCUT2D eigenvalue weighted by atomic mass is 32.1. The minimum absolute atomic E-state index is 0.692. The molecule has 1 aromatic carbocycles. The Morgan fingerprint density at radius 1 is 1.42 bits per heavy atom. The minimum Gasteiger partial charge on any atom is -0.494 e. The summed E-state index contributed by atoms with van der Waals surface area (Å²) in [6.07, 6.45) is 4.62. The molecule has 1 fully saturated rings. The van der Waals surface area contributed by atoms with Gasteiger partial charge in [-0.1, -0.05) is 12.1 Å². The van der Waals surface area contributed by atoms with Crippen molar-refractivity contribution in [2.75, 3.05) is 6.61 Å². The smallest absolute Gasteiger partial charge is 0.123 e. The number of thiazole rings is 1. The quantitative estimate of drug-likeness (QED) is 0.876. The number of ether oxygens (including phenoxy) is 1. The Labute approximate surface area is 117 Å².